The Hall–Kier alpha value is -2.14. The summed E-state index contributed by atoms with van der Waals surface area (Å²) in [5.41, 5.74) is 2.95. The van der Waals surface area contributed by atoms with E-state index in [2.05, 4.69) is 19.1 Å². The van der Waals surface area contributed by atoms with Gasteiger partial charge in [0.25, 0.3) is 5.91 Å². The number of aryl methyl sites for hydroxylation is 1. The Morgan fingerprint density at radius 3 is 2.69 bits per heavy atom. The van der Waals surface area contributed by atoms with Crippen molar-refractivity contribution in [1.82, 2.24) is 9.80 Å². The number of carbonyl (C=O) groups is 2. The van der Waals surface area contributed by atoms with Gasteiger partial charge in [-0.25, -0.2) is 0 Å². The molecule has 136 valence electrons. The van der Waals surface area contributed by atoms with Gasteiger partial charge in [0.05, 0.1) is 5.56 Å². The Labute approximate surface area is 158 Å². The monoisotopic (exact) mass is 368 g/mol. The molecule has 1 aromatic carbocycles. The van der Waals surface area contributed by atoms with E-state index in [-0.39, 0.29) is 17.9 Å². The van der Waals surface area contributed by atoms with E-state index in [1.165, 1.54) is 4.88 Å². The van der Waals surface area contributed by atoms with Crippen LogP contribution in [0.1, 0.15) is 40.9 Å². The van der Waals surface area contributed by atoms with Crippen molar-refractivity contribution in [1.29, 1.82) is 0 Å². The van der Waals surface area contributed by atoms with Crippen LogP contribution in [0.2, 0.25) is 0 Å². The zero-order chi connectivity index (χ0) is 18.1. The molecular formula is C21H24N2O2S. The van der Waals surface area contributed by atoms with Gasteiger partial charge in [0.15, 0.2) is 0 Å². The predicted octanol–water partition coefficient (Wildman–Crippen LogP) is 3.95. The number of thiophene rings is 1. The van der Waals surface area contributed by atoms with E-state index in [1.807, 2.05) is 33.4 Å². The minimum Gasteiger partial charge on any atom is -0.338 e. The van der Waals surface area contributed by atoms with Crippen LogP contribution < -0.4 is 0 Å². The average Bonchev–Trinajstić information content (AvgIpc) is 3.27. The molecule has 5 heteroatoms. The van der Waals surface area contributed by atoms with Gasteiger partial charge in [-0.2, -0.15) is 0 Å². The zero-order valence-electron chi connectivity index (χ0n) is 15.1. The second-order valence-electron chi connectivity index (χ2n) is 7.18. The number of likely N-dealkylation sites (tertiary alicyclic amines) is 2. The summed E-state index contributed by atoms with van der Waals surface area (Å²) < 4.78 is 0. The van der Waals surface area contributed by atoms with Crippen molar-refractivity contribution in [3.63, 3.8) is 0 Å². The standard InChI is InChI=1S/C21H24N2O2S/c1-15-20(16-7-3-2-4-8-16)18(14-26-15)21(25)22-11-5-9-17(13-22)23-12-6-10-19(23)24/h2-4,7-8,14,17H,5-6,9-13H2,1H3/t17-/m1/s1. The molecule has 0 aliphatic carbocycles. The van der Waals surface area contributed by atoms with Gasteiger partial charge in [-0.15, -0.1) is 11.3 Å². The number of hydrogen-bond donors (Lipinski definition) is 0. The van der Waals surface area contributed by atoms with Crippen LogP contribution in [0.3, 0.4) is 0 Å². The molecule has 2 amide bonds. The summed E-state index contributed by atoms with van der Waals surface area (Å²) in [6.07, 6.45) is 3.57. The molecular weight excluding hydrogens is 344 g/mol. The van der Waals surface area contributed by atoms with Gasteiger partial charge >= 0.3 is 0 Å². The molecule has 2 aliphatic rings. The average molecular weight is 369 g/mol. The first-order valence-corrected chi connectivity index (χ1v) is 10.3. The normalized spacial score (nSPS) is 20.7. The number of nitrogens with zero attached hydrogens (tertiary/aromatic N) is 2. The van der Waals surface area contributed by atoms with Gasteiger partial charge in [-0.05, 0) is 31.7 Å². The van der Waals surface area contributed by atoms with Crippen molar-refractivity contribution in [3.05, 3.63) is 46.2 Å². The largest absolute Gasteiger partial charge is 0.338 e. The smallest absolute Gasteiger partial charge is 0.255 e. The lowest BCUT2D eigenvalue weighted by molar-refractivity contribution is -0.130. The summed E-state index contributed by atoms with van der Waals surface area (Å²) in [4.78, 5) is 30.5. The van der Waals surface area contributed by atoms with Gasteiger partial charge in [-0.3, -0.25) is 9.59 Å². The molecule has 4 nitrogen and oxygen atoms in total. The molecule has 0 saturated carbocycles. The van der Waals surface area contributed by atoms with E-state index in [9.17, 15) is 9.59 Å². The molecule has 0 bridgehead atoms. The fraction of sp³-hybridized carbons (Fsp3) is 0.429. The molecule has 2 fully saturated rings. The predicted molar refractivity (Wildman–Crippen MR) is 104 cm³/mol. The van der Waals surface area contributed by atoms with E-state index in [4.69, 9.17) is 0 Å². The number of amides is 2. The Bertz CT molecular complexity index is 815. The molecule has 1 atom stereocenters. The minimum atomic E-state index is 0.101. The first-order chi connectivity index (χ1) is 12.6. The topological polar surface area (TPSA) is 40.6 Å². The Balaban J connectivity index is 1.57. The lowest BCUT2D eigenvalue weighted by Gasteiger charge is -2.37. The highest BCUT2D eigenvalue weighted by Gasteiger charge is 2.33. The number of piperidine rings is 1. The number of rotatable bonds is 3. The van der Waals surface area contributed by atoms with E-state index < -0.39 is 0 Å². The maximum Gasteiger partial charge on any atom is 0.255 e. The zero-order valence-corrected chi connectivity index (χ0v) is 15.9. The Morgan fingerprint density at radius 1 is 1.15 bits per heavy atom. The van der Waals surface area contributed by atoms with Crippen LogP contribution in [0, 0.1) is 6.92 Å². The molecule has 0 N–H and O–H groups in total. The summed E-state index contributed by atoms with van der Waals surface area (Å²) in [5.74, 6) is 0.352. The highest BCUT2D eigenvalue weighted by molar-refractivity contribution is 7.10. The highest BCUT2D eigenvalue weighted by atomic mass is 32.1. The van der Waals surface area contributed by atoms with E-state index in [1.54, 1.807) is 11.3 Å². The van der Waals surface area contributed by atoms with Crippen molar-refractivity contribution in [2.24, 2.45) is 0 Å². The molecule has 0 radical (unpaired) electrons. The molecule has 3 heterocycles. The third-order valence-electron chi connectivity index (χ3n) is 5.50. The fourth-order valence-electron chi connectivity index (χ4n) is 4.19. The molecule has 2 aliphatic heterocycles. The second kappa shape index (κ2) is 7.23. The maximum atomic E-state index is 13.3. The summed E-state index contributed by atoms with van der Waals surface area (Å²) in [6.45, 7) is 4.36. The minimum absolute atomic E-state index is 0.101. The van der Waals surface area contributed by atoms with Crippen LogP contribution in [0.5, 0.6) is 0 Å². The first-order valence-electron chi connectivity index (χ1n) is 9.37. The summed E-state index contributed by atoms with van der Waals surface area (Å²) >= 11 is 1.63. The third-order valence-corrected chi connectivity index (χ3v) is 6.41. The molecule has 4 rings (SSSR count). The highest BCUT2D eigenvalue weighted by Crippen LogP contribution is 2.34. The van der Waals surface area contributed by atoms with Gasteiger partial charge < -0.3 is 9.80 Å². The molecule has 0 unspecified atom stereocenters. The molecule has 2 saturated heterocycles. The van der Waals surface area contributed by atoms with Gasteiger partial charge in [-0.1, -0.05) is 30.3 Å². The van der Waals surface area contributed by atoms with Crippen molar-refractivity contribution >= 4 is 23.2 Å². The summed E-state index contributed by atoms with van der Waals surface area (Å²) in [5, 5.41) is 1.99. The number of benzene rings is 1. The molecule has 26 heavy (non-hydrogen) atoms. The number of carbonyl (C=O) groups excluding carboxylic acids is 2. The Kier molecular flexibility index (Phi) is 4.81. The van der Waals surface area contributed by atoms with Gasteiger partial charge in [0.1, 0.15) is 0 Å². The quantitative estimate of drug-likeness (QED) is 0.823. The van der Waals surface area contributed by atoms with Crippen LogP contribution in [-0.2, 0) is 4.79 Å². The van der Waals surface area contributed by atoms with Crippen molar-refractivity contribution < 1.29 is 9.59 Å². The molecule has 2 aromatic rings. The Morgan fingerprint density at radius 2 is 1.96 bits per heavy atom. The van der Waals surface area contributed by atoms with Crippen LogP contribution in [0.15, 0.2) is 35.7 Å². The SMILES string of the molecule is Cc1scc(C(=O)N2CCC[C@@H](N3CCCC3=O)C2)c1-c1ccccc1. The first kappa shape index (κ1) is 17.3. The number of hydrogen-bond acceptors (Lipinski definition) is 3. The lowest BCUT2D eigenvalue weighted by atomic mass is 9.99. The van der Waals surface area contributed by atoms with Gasteiger partial charge in [0.2, 0.25) is 5.91 Å². The maximum absolute atomic E-state index is 13.3. The van der Waals surface area contributed by atoms with Crippen molar-refractivity contribution in [3.8, 4) is 11.1 Å². The van der Waals surface area contributed by atoms with Crippen molar-refractivity contribution in [2.75, 3.05) is 19.6 Å². The molecule has 1 aromatic heterocycles. The van der Waals surface area contributed by atoms with E-state index >= 15 is 0 Å². The van der Waals surface area contributed by atoms with Crippen LogP contribution in [0.25, 0.3) is 11.1 Å². The van der Waals surface area contributed by atoms with Crippen LogP contribution in [0.4, 0.5) is 0 Å². The van der Waals surface area contributed by atoms with E-state index in [0.29, 0.717) is 13.0 Å². The van der Waals surface area contributed by atoms with Gasteiger partial charge in [0, 0.05) is 47.9 Å². The molecule has 0 spiro atoms. The second-order valence-corrected chi connectivity index (χ2v) is 8.27. The van der Waals surface area contributed by atoms with Crippen LogP contribution in [-0.4, -0.2) is 47.3 Å². The van der Waals surface area contributed by atoms with Crippen molar-refractivity contribution in [2.45, 2.75) is 38.6 Å². The third kappa shape index (κ3) is 3.16. The lowest BCUT2D eigenvalue weighted by Crippen LogP contribution is -2.50. The fourth-order valence-corrected chi connectivity index (χ4v) is 5.05. The summed E-state index contributed by atoms with van der Waals surface area (Å²) in [6, 6.07) is 10.3. The van der Waals surface area contributed by atoms with E-state index in [0.717, 1.165) is 49.0 Å². The summed E-state index contributed by atoms with van der Waals surface area (Å²) in [7, 11) is 0. The van der Waals surface area contributed by atoms with Crippen LogP contribution >= 0.6 is 11.3 Å².